The monoisotopic (exact) mass is 580 g/mol. The summed E-state index contributed by atoms with van der Waals surface area (Å²) >= 11 is 0. The molecule has 1 aliphatic carbocycles. The van der Waals surface area contributed by atoms with Crippen LogP contribution in [0, 0.1) is 11.7 Å². The first kappa shape index (κ1) is 29.5. The molecule has 0 spiro atoms. The molecule has 5 rings (SSSR count). The summed E-state index contributed by atoms with van der Waals surface area (Å²) in [5.41, 5.74) is 2.36. The van der Waals surface area contributed by atoms with E-state index in [0.29, 0.717) is 22.6 Å². The Kier molecular flexibility index (Phi) is 9.46. The van der Waals surface area contributed by atoms with E-state index in [9.17, 15) is 23.9 Å². The lowest BCUT2D eigenvalue weighted by atomic mass is 9.84. The quantitative estimate of drug-likeness (QED) is 0.178. The molecule has 0 radical (unpaired) electrons. The third kappa shape index (κ3) is 7.27. The molecule has 4 aromatic carbocycles. The largest absolute Gasteiger partial charge is 0.492 e. The molecular formula is C35H33FN2O5. The summed E-state index contributed by atoms with van der Waals surface area (Å²) in [6.45, 7) is 0.363. The molecule has 4 aromatic rings. The van der Waals surface area contributed by atoms with Gasteiger partial charge in [0.1, 0.15) is 24.2 Å². The molecule has 1 saturated carbocycles. The highest BCUT2D eigenvalue weighted by Gasteiger charge is 2.31. The molecular weight excluding hydrogens is 547 g/mol. The summed E-state index contributed by atoms with van der Waals surface area (Å²) in [7, 11) is 0. The maximum absolute atomic E-state index is 14.5. The van der Waals surface area contributed by atoms with Crippen LogP contribution in [0.15, 0.2) is 103 Å². The zero-order valence-corrected chi connectivity index (χ0v) is 23.6. The van der Waals surface area contributed by atoms with Crippen LogP contribution in [0.3, 0.4) is 0 Å². The second-order valence-corrected chi connectivity index (χ2v) is 10.5. The van der Waals surface area contributed by atoms with Crippen molar-refractivity contribution in [3.8, 4) is 5.75 Å². The average Bonchev–Trinajstić information content (AvgIpc) is 2.99. The van der Waals surface area contributed by atoms with Crippen LogP contribution >= 0.6 is 0 Å². The maximum atomic E-state index is 14.5. The first-order valence-corrected chi connectivity index (χ1v) is 14.4. The predicted molar refractivity (Wildman–Crippen MR) is 163 cm³/mol. The number of carboxylic acids is 1. The normalized spacial score (nSPS) is 13.4. The summed E-state index contributed by atoms with van der Waals surface area (Å²) in [6, 6.07) is 28.0. The number of hydrogen-bond donors (Lipinski definition) is 2. The van der Waals surface area contributed by atoms with Crippen LogP contribution < -0.4 is 15.0 Å². The molecule has 43 heavy (non-hydrogen) atoms. The Hall–Kier alpha value is -4.98. The Bertz CT molecular complexity index is 1570. The number of ketones is 1. The minimum atomic E-state index is -1.05. The van der Waals surface area contributed by atoms with Gasteiger partial charge in [0.25, 0.3) is 0 Å². The van der Waals surface area contributed by atoms with Crippen LogP contribution in [0.2, 0.25) is 0 Å². The molecule has 2 N–H and O–H groups in total. The number of nitrogens with zero attached hydrogens (tertiary/aromatic N) is 1. The van der Waals surface area contributed by atoms with Gasteiger partial charge in [0.2, 0.25) is 5.91 Å². The summed E-state index contributed by atoms with van der Waals surface area (Å²) in [4.78, 5) is 39.7. The zero-order chi connectivity index (χ0) is 30.2. The number of rotatable bonds is 13. The van der Waals surface area contributed by atoms with E-state index in [1.807, 2.05) is 6.07 Å². The van der Waals surface area contributed by atoms with E-state index >= 15 is 0 Å². The Morgan fingerprint density at radius 3 is 2.23 bits per heavy atom. The lowest BCUT2D eigenvalue weighted by molar-refractivity contribution is -0.137. The van der Waals surface area contributed by atoms with Gasteiger partial charge in [0.15, 0.2) is 5.78 Å². The van der Waals surface area contributed by atoms with E-state index < -0.39 is 17.8 Å². The van der Waals surface area contributed by atoms with Crippen molar-refractivity contribution in [2.45, 2.75) is 31.7 Å². The summed E-state index contributed by atoms with van der Waals surface area (Å²) in [5, 5.41) is 13.0. The smallest absolute Gasteiger partial charge is 0.326 e. The van der Waals surface area contributed by atoms with Crippen molar-refractivity contribution in [2.75, 3.05) is 23.4 Å². The van der Waals surface area contributed by atoms with Crippen molar-refractivity contribution in [1.29, 1.82) is 0 Å². The fourth-order valence-corrected chi connectivity index (χ4v) is 5.05. The molecule has 0 heterocycles. The minimum Gasteiger partial charge on any atom is -0.492 e. The number of carbonyl (C=O) groups is 3. The Labute approximate surface area is 249 Å². The van der Waals surface area contributed by atoms with Crippen LogP contribution in [0.4, 0.5) is 15.8 Å². The number of nitrogens with one attached hydrogen (secondary N) is 1. The van der Waals surface area contributed by atoms with E-state index in [1.165, 1.54) is 11.0 Å². The van der Waals surface area contributed by atoms with Gasteiger partial charge < -0.3 is 20.1 Å². The minimum absolute atomic E-state index is 0.0851. The number of carboxylic acid groups (broad SMARTS) is 1. The van der Waals surface area contributed by atoms with Crippen LogP contribution in [0.5, 0.6) is 5.75 Å². The highest BCUT2D eigenvalue weighted by atomic mass is 19.1. The van der Waals surface area contributed by atoms with E-state index in [4.69, 9.17) is 4.74 Å². The van der Waals surface area contributed by atoms with Gasteiger partial charge in [-0.2, -0.15) is 0 Å². The number of aliphatic carboxylic acids is 1. The van der Waals surface area contributed by atoms with E-state index in [2.05, 4.69) is 5.32 Å². The van der Waals surface area contributed by atoms with E-state index in [-0.39, 0.29) is 42.9 Å². The maximum Gasteiger partial charge on any atom is 0.326 e. The van der Waals surface area contributed by atoms with Crippen LogP contribution in [-0.4, -0.2) is 42.0 Å². The van der Waals surface area contributed by atoms with Gasteiger partial charge >= 0.3 is 5.97 Å². The van der Waals surface area contributed by atoms with Crippen molar-refractivity contribution >= 4 is 29.0 Å². The topological polar surface area (TPSA) is 95.9 Å². The SMILES string of the molecule is O=C(c1ccccc1)c1ccccc1NC(Cc1ccc(OCCN(C(=O)C2CCC2)c2ccccc2F)cc1)C(=O)O. The van der Waals surface area contributed by atoms with Gasteiger partial charge in [-0.25, -0.2) is 9.18 Å². The number of amides is 1. The first-order valence-electron chi connectivity index (χ1n) is 14.4. The molecule has 0 bridgehead atoms. The second-order valence-electron chi connectivity index (χ2n) is 10.5. The first-order chi connectivity index (χ1) is 20.9. The van der Waals surface area contributed by atoms with Crippen LogP contribution in [-0.2, 0) is 16.0 Å². The van der Waals surface area contributed by atoms with E-state index in [0.717, 1.165) is 24.8 Å². The molecule has 1 unspecified atom stereocenters. The number of para-hydroxylation sites is 2. The van der Waals surface area contributed by atoms with Crippen molar-refractivity contribution in [3.63, 3.8) is 0 Å². The highest BCUT2D eigenvalue weighted by molar-refractivity contribution is 6.12. The van der Waals surface area contributed by atoms with Gasteiger partial charge in [-0.3, -0.25) is 9.59 Å². The molecule has 1 aliphatic rings. The molecule has 8 heteroatoms. The molecule has 220 valence electrons. The Morgan fingerprint density at radius 2 is 1.56 bits per heavy atom. The van der Waals surface area contributed by atoms with Crippen molar-refractivity contribution in [1.82, 2.24) is 0 Å². The van der Waals surface area contributed by atoms with Gasteiger partial charge in [-0.15, -0.1) is 0 Å². The fourth-order valence-electron chi connectivity index (χ4n) is 5.05. The zero-order valence-electron chi connectivity index (χ0n) is 23.6. The molecule has 7 nitrogen and oxygen atoms in total. The van der Waals surface area contributed by atoms with Gasteiger partial charge in [0.05, 0.1) is 12.2 Å². The Morgan fingerprint density at radius 1 is 0.884 bits per heavy atom. The number of ether oxygens (including phenoxy) is 1. The number of hydrogen-bond acceptors (Lipinski definition) is 5. The molecule has 1 atom stereocenters. The fraction of sp³-hybridized carbons (Fsp3) is 0.229. The van der Waals surface area contributed by atoms with Gasteiger partial charge in [-0.05, 0) is 54.8 Å². The lowest BCUT2D eigenvalue weighted by Crippen LogP contribution is -2.41. The molecule has 1 fully saturated rings. The third-order valence-corrected chi connectivity index (χ3v) is 7.65. The van der Waals surface area contributed by atoms with Crippen molar-refractivity contribution < 1.29 is 28.6 Å². The standard InChI is InChI=1S/C35H33FN2O5/c36-29-14-5-7-16-32(29)38(34(40)26-11-8-12-26)21-22-43-27-19-17-24(18-20-27)23-31(35(41)42)37-30-15-6-4-13-28(30)33(39)25-9-2-1-3-10-25/h1-7,9-10,13-20,26,31,37H,8,11-12,21-23H2,(H,41,42). The third-order valence-electron chi connectivity index (χ3n) is 7.65. The molecule has 0 aromatic heterocycles. The number of halogens is 1. The van der Waals surface area contributed by atoms with Gasteiger partial charge in [-0.1, -0.05) is 73.2 Å². The molecule has 1 amide bonds. The van der Waals surface area contributed by atoms with E-state index in [1.54, 1.807) is 91.0 Å². The summed E-state index contributed by atoms with van der Waals surface area (Å²) < 4.78 is 20.4. The van der Waals surface area contributed by atoms with Crippen LogP contribution in [0.1, 0.15) is 40.7 Å². The van der Waals surface area contributed by atoms with Crippen molar-refractivity contribution in [2.24, 2.45) is 5.92 Å². The highest BCUT2D eigenvalue weighted by Crippen LogP contribution is 2.31. The predicted octanol–water partition coefficient (Wildman–Crippen LogP) is 6.38. The lowest BCUT2D eigenvalue weighted by Gasteiger charge is -2.31. The number of benzene rings is 4. The van der Waals surface area contributed by atoms with Gasteiger partial charge in [0, 0.05) is 29.2 Å². The molecule has 0 aliphatic heterocycles. The number of carbonyl (C=O) groups excluding carboxylic acids is 2. The molecule has 0 saturated heterocycles. The second kappa shape index (κ2) is 13.8. The van der Waals surface area contributed by atoms with Crippen molar-refractivity contribution in [3.05, 3.63) is 126 Å². The summed E-state index contributed by atoms with van der Waals surface area (Å²) in [6.07, 6.45) is 2.79. The summed E-state index contributed by atoms with van der Waals surface area (Å²) in [5.74, 6) is -1.32. The van der Waals surface area contributed by atoms with Crippen LogP contribution in [0.25, 0.3) is 0 Å². The number of anilines is 2. The average molecular weight is 581 g/mol. The Balaban J connectivity index is 1.21.